The first-order chi connectivity index (χ1) is 15.4. The van der Waals surface area contributed by atoms with E-state index in [2.05, 4.69) is 54.2 Å². The number of primary amides is 1. The van der Waals surface area contributed by atoms with Crippen LogP contribution in [0.2, 0.25) is 0 Å². The van der Waals surface area contributed by atoms with E-state index in [1.165, 1.54) is 5.56 Å². The zero-order chi connectivity index (χ0) is 24.1. The normalized spacial score (nSPS) is 32.9. The molecular formula is C26H42N4O3. The van der Waals surface area contributed by atoms with Crippen LogP contribution < -0.4 is 5.73 Å². The Morgan fingerprint density at radius 1 is 1.12 bits per heavy atom. The highest BCUT2D eigenvalue weighted by molar-refractivity contribution is 5.80. The van der Waals surface area contributed by atoms with Crippen molar-refractivity contribution >= 4 is 5.91 Å². The van der Waals surface area contributed by atoms with Crippen LogP contribution in [0.1, 0.15) is 64.4 Å². The topological polar surface area (TPSA) is 93.3 Å². The Hall–Kier alpha value is -1.51. The Labute approximate surface area is 198 Å². The molecule has 1 aliphatic heterocycles. The van der Waals surface area contributed by atoms with Gasteiger partial charge in [-0.1, -0.05) is 30.3 Å². The fourth-order valence-electron chi connectivity index (χ4n) is 6.34. The van der Waals surface area contributed by atoms with E-state index in [1.807, 2.05) is 18.7 Å². The Morgan fingerprint density at radius 2 is 1.73 bits per heavy atom. The maximum atomic E-state index is 12.0. The van der Waals surface area contributed by atoms with Crippen molar-refractivity contribution in [3.63, 3.8) is 0 Å². The molecule has 4 N–H and O–H groups in total. The molecule has 1 heterocycles. The van der Waals surface area contributed by atoms with Crippen molar-refractivity contribution in [2.24, 2.45) is 11.1 Å². The second kappa shape index (κ2) is 8.61. The van der Waals surface area contributed by atoms with Gasteiger partial charge < -0.3 is 15.9 Å². The minimum atomic E-state index is -0.822. The van der Waals surface area contributed by atoms with Crippen molar-refractivity contribution in [3.05, 3.63) is 35.9 Å². The van der Waals surface area contributed by atoms with Crippen molar-refractivity contribution in [3.8, 4) is 0 Å². The van der Waals surface area contributed by atoms with E-state index in [0.717, 1.165) is 44.9 Å². The van der Waals surface area contributed by atoms with Gasteiger partial charge in [-0.3, -0.25) is 19.5 Å². The van der Waals surface area contributed by atoms with Gasteiger partial charge in [0.05, 0.1) is 11.0 Å². The number of β-amino-alcohol motifs (C(OH)–C–C–N with tert-alkyl or cyclic N) is 1. The van der Waals surface area contributed by atoms with E-state index < -0.39 is 17.4 Å². The second-order valence-electron chi connectivity index (χ2n) is 11.7. The van der Waals surface area contributed by atoms with Crippen LogP contribution in [0.25, 0.3) is 0 Å². The summed E-state index contributed by atoms with van der Waals surface area (Å²) in [5, 5.41) is 22.5. The van der Waals surface area contributed by atoms with Crippen LogP contribution >= 0.6 is 0 Å². The number of nitrogens with zero attached hydrogens (tertiary/aromatic N) is 3. The number of amides is 1. The van der Waals surface area contributed by atoms with E-state index in [-0.39, 0.29) is 17.0 Å². The highest BCUT2D eigenvalue weighted by atomic mass is 16.3. The zero-order valence-electron chi connectivity index (χ0n) is 20.8. The lowest BCUT2D eigenvalue weighted by molar-refractivity contribution is -0.149. The molecule has 184 valence electrons. The number of nitrogens with two attached hydrogens (primary N) is 1. The molecule has 2 saturated carbocycles. The molecule has 2 aliphatic carbocycles. The van der Waals surface area contributed by atoms with Crippen LogP contribution in [0.3, 0.4) is 0 Å². The Bertz CT molecular complexity index is 844. The molecule has 7 nitrogen and oxygen atoms in total. The minimum Gasteiger partial charge on any atom is -0.389 e. The van der Waals surface area contributed by atoms with E-state index in [9.17, 15) is 15.0 Å². The van der Waals surface area contributed by atoms with Crippen molar-refractivity contribution in [2.45, 2.75) is 81.8 Å². The monoisotopic (exact) mass is 458 g/mol. The minimum absolute atomic E-state index is 0.0452. The van der Waals surface area contributed by atoms with Gasteiger partial charge in [0.1, 0.15) is 0 Å². The lowest BCUT2D eigenvalue weighted by atomic mass is 9.67. The molecule has 0 radical (unpaired) electrons. The average Bonchev–Trinajstić information content (AvgIpc) is 2.98. The molecule has 1 spiro atoms. The van der Waals surface area contributed by atoms with E-state index in [0.29, 0.717) is 19.6 Å². The number of aliphatic hydroxyl groups excluding tert-OH is 1. The summed E-state index contributed by atoms with van der Waals surface area (Å²) < 4.78 is 0. The maximum absolute atomic E-state index is 12.0. The third-order valence-corrected chi connectivity index (χ3v) is 8.90. The molecule has 3 fully saturated rings. The quantitative estimate of drug-likeness (QED) is 0.579. The molecule has 1 aromatic carbocycles. The summed E-state index contributed by atoms with van der Waals surface area (Å²) in [6.45, 7) is 5.23. The van der Waals surface area contributed by atoms with Crippen LogP contribution in [0.15, 0.2) is 30.3 Å². The summed E-state index contributed by atoms with van der Waals surface area (Å²) in [7, 11) is 4.32. The first kappa shape index (κ1) is 24.6. The number of benzene rings is 1. The van der Waals surface area contributed by atoms with Crippen LogP contribution in [0, 0.1) is 5.41 Å². The van der Waals surface area contributed by atoms with Gasteiger partial charge in [0.25, 0.3) is 0 Å². The molecule has 1 atom stereocenters. The van der Waals surface area contributed by atoms with Gasteiger partial charge in [-0.15, -0.1) is 0 Å². The number of carbonyl (C=O) groups is 1. The van der Waals surface area contributed by atoms with Crippen LogP contribution in [-0.4, -0.2) is 82.0 Å². The Morgan fingerprint density at radius 3 is 2.21 bits per heavy atom. The van der Waals surface area contributed by atoms with Gasteiger partial charge in [0.15, 0.2) is 6.35 Å². The van der Waals surface area contributed by atoms with Gasteiger partial charge in [-0.05, 0) is 78.5 Å². The highest BCUT2D eigenvalue weighted by Gasteiger charge is 2.57. The van der Waals surface area contributed by atoms with Gasteiger partial charge >= 0.3 is 0 Å². The molecule has 1 aromatic rings. The molecule has 1 saturated heterocycles. The predicted octanol–water partition coefficient (Wildman–Crippen LogP) is 2.08. The van der Waals surface area contributed by atoms with Gasteiger partial charge in [-0.2, -0.15) is 0 Å². The fraction of sp³-hybridized carbons (Fsp3) is 0.731. The summed E-state index contributed by atoms with van der Waals surface area (Å²) in [6.07, 6.45) is 5.55. The van der Waals surface area contributed by atoms with Crippen molar-refractivity contribution in [1.82, 2.24) is 14.7 Å². The Balaban J connectivity index is 1.61. The molecule has 7 heteroatoms. The summed E-state index contributed by atoms with van der Waals surface area (Å²) >= 11 is 0. The van der Waals surface area contributed by atoms with E-state index >= 15 is 0 Å². The first-order valence-corrected chi connectivity index (χ1v) is 12.4. The number of hydrogen-bond donors (Lipinski definition) is 3. The van der Waals surface area contributed by atoms with Gasteiger partial charge in [0, 0.05) is 30.7 Å². The van der Waals surface area contributed by atoms with Crippen LogP contribution in [-0.2, 0) is 10.3 Å². The SMILES string of the molecule is CN(C)C1(c2ccccc2)CCC2(CC1)CN(CC(C)(C)C(N)=O)C(O)N2CC1(O)CCC1. The molecule has 0 aromatic heterocycles. The smallest absolute Gasteiger partial charge is 0.224 e. The van der Waals surface area contributed by atoms with Gasteiger partial charge in [-0.25, -0.2) is 0 Å². The lowest BCUT2D eigenvalue weighted by Gasteiger charge is -2.53. The van der Waals surface area contributed by atoms with Crippen LogP contribution in [0.5, 0.6) is 0 Å². The van der Waals surface area contributed by atoms with Crippen LogP contribution in [0.4, 0.5) is 0 Å². The van der Waals surface area contributed by atoms with Crippen molar-refractivity contribution in [1.29, 1.82) is 0 Å². The summed E-state index contributed by atoms with van der Waals surface area (Å²) in [6, 6.07) is 10.7. The van der Waals surface area contributed by atoms with Gasteiger partial charge in [0.2, 0.25) is 5.91 Å². The number of aliphatic hydroxyl groups is 2. The third-order valence-electron chi connectivity index (χ3n) is 8.90. The van der Waals surface area contributed by atoms with E-state index in [4.69, 9.17) is 5.73 Å². The number of hydrogen-bond acceptors (Lipinski definition) is 6. The third kappa shape index (κ3) is 4.34. The second-order valence-corrected chi connectivity index (χ2v) is 11.7. The van der Waals surface area contributed by atoms with Crippen molar-refractivity contribution in [2.75, 3.05) is 33.7 Å². The molecule has 0 bridgehead atoms. The molecular weight excluding hydrogens is 416 g/mol. The summed E-state index contributed by atoms with van der Waals surface area (Å²) in [4.78, 5) is 18.5. The average molecular weight is 459 g/mol. The molecule has 4 rings (SSSR count). The van der Waals surface area contributed by atoms with E-state index in [1.54, 1.807) is 0 Å². The number of rotatable bonds is 7. The molecule has 1 amide bonds. The fourth-order valence-corrected chi connectivity index (χ4v) is 6.34. The lowest BCUT2D eigenvalue weighted by Crippen LogP contribution is -2.60. The highest BCUT2D eigenvalue weighted by Crippen LogP contribution is 2.50. The standard InChI is InChI=1S/C26H42N4O3/c1-23(2,21(27)31)17-29-18-24(30(22(29)32)19-25(33)11-8-12-25)13-15-26(16-14-24,28(3)4)20-9-6-5-7-10-20/h5-7,9-10,22,32-33H,8,11-19H2,1-4H3,(H2,27,31). The number of carbonyl (C=O) groups excluding carboxylic acids is 1. The Kier molecular flexibility index (Phi) is 6.42. The largest absolute Gasteiger partial charge is 0.389 e. The molecule has 33 heavy (non-hydrogen) atoms. The summed E-state index contributed by atoms with van der Waals surface area (Å²) in [5.41, 5.74) is 5.25. The first-order valence-electron chi connectivity index (χ1n) is 12.4. The molecule has 3 aliphatic rings. The molecule has 1 unspecified atom stereocenters. The summed E-state index contributed by atoms with van der Waals surface area (Å²) in [5.74, 6) is -0.362. The predicted molar refractivity (Wildman–Crippen MR) is 129 cm³/mol. The maximum Gasteiger partial charge on any atom is 0.224 e. The van der Waals surface area contributed by atoms with Crippen molar-refractivity contribution < 1.29 is 15.0 Å². The zero-order valence-corrected chi connectivity index (χ0v) is 20.8.